The fourth-order valence-electron chi connectivity index (χ4n) is 3.86. The van der Waals surface area contributed by atoms with E-state index in [2.05, 4.69) is 5.32 Å². The zero-order valence-corrected chi connectivity index (χ0v) is 16.9. The number of rotatable bonds is 6. The van der Waals surface area contributed by atoms with Gasteiger partial charge in [-0.1, -0.05) is 25.7 Å². The molecule has 150 valence electrons. The molecule has 1 N–H and O–H groups in total. The SMILES string of the molecule is Cc1cc(S(=O)(=O)N2CCCCC2)ccc1OCC(=O)NC1CCCCC1. The second-order valence-electron chi connectivity index (χ2n) is 7.58. The Balaban J connectivity index is 1.58. The van der Waals surface area contributed by atoms with E-state index in [0.29, 0.717) is 23.7 Å². The van der Waals surface area contributed by atoms with Crippen molar-refractivity contribution in [3.05, 3.63) is 23.8 Å². The van der Waals surface area contributed by atoms with Crippen molar-refractivity contribution in [1.82, 2.24) is 9.62 Å². The third-order valence-corrected chi connectivity index (χ3v) is 7.32. The summed E-state index contributed by atoms with van der Waals surface area (Å²) < 4.78 is 32.7. The van der Waals surface area contributed by atoms with Gasteiger partial charge < -0.3 is 10.1 Å². The second kappa shape index (κ2) is 9.06. The summed E-state index contributed by atoms with van der Waals surface area (Å²) in [4.78, 5) is 12.4. The van der Waals surface area contributed by atoms with Crippen LogP contribution in [-0.2, 0) is 14.8 Å². The molecular weight excluding hydrogens is 364 g/mol. The molecule has 3 rings (SSSR count). The first-order valence-corrected chi connectivity index (χ1v) is 11.4. The summed E-state index contributed by atoms with van der Waals surface area (Å²) in [5.74, 6) is 0.428. The maximum absolute atomic E-state index is 12.8. The van der Waals surface area contributed by atoms with E-state index in [9.17, 15) is 13.2 Å². The van der Waals surface area contributed by atoms with Crippen LogP contribution in [0, 0.1) is 6.92 Å². The molecule has 0 radical (unpaired) electrons. The number of nitrogens with one attached hydrogen (secondary N) is 1. The maximum Gasteiger partial charge on any atom is 0.258 e. The Bertz CT molecular complexity index is 751. The average Bonchev–Trinajstić information content (AvgIpc) is 2.68. The number of hydrogen-bond acceptors (Lipinski definition) is 4. The Hall–Kier alpha value is -1.60. The highest BCUT2D eigenvalue weighted by Gasteiger charge is 2.26. The van der Waals surface area contributed by atoms with Crippen LogP contribution in [-0.4, -0.2) is 44.4 Å². The Labute approximate surface area is 162 Å². The summed E-state index contributed by atoms with van der Waals surface area (Å²) in [6, 6.07) is 5.12. The van der Waals surface area contributed by atoms with Gasteiger partial charge in [-0.05, 0) is 56.4 Å². The molecule has 1 heterocycles. The smallest absolute Gasteiger partial charge is 0.258 e. The van der Waals surface area contributed by atoms with Gasteiger partial charge in [0.15, 0.2) is 6.61 Å². The molecule has 1 aromatic rings. The molecule has 2 fully saturated rings. The van der Waals surface area contributed by atoms with Crippen LogP contribution in [0.15, 0.2) is 23.1 Å². The van der Waals surface area contributed by atoms with Crippen LogP contribution in [0.5, 0.6) is 5.75 Å². The van der Waals surface area contributed by atoms with E-state index in [-0.39, 0.29) is 18.6 Å². The maximum atomic E-state index is 12.8. The average molecular weight is 395 g/mol. The summed E-state index contributed by atoms with van der Waals surface area (Å²) in [5.41, 5.74) is 0.721. The zero-order chi connectivity index (χ0) is 19.3. The Kier molecular flexibility index (Phi) is 6.76. The molecular formula is C20H30N2O4S. The fraction of sp³-hybridized carbons (Fsp3) is 0.650. The molecule has 0 atom stereocenters. The first-order valence-electron chi connectivity index (χ1n) is 10.00. The number of amides is 1. The highest BCUT2D eigenvalue weighted by molar-refractivity contribution is 7.89. The van der Waals surface area contributed by atoms with E-state index in [1.165, 1.54) is 6.42 Å². The molecule has 2 aliphatic rings. The van der Waals surface area contributed by atoms with Crippen molar-refractivity contribution in [3.63, 3.8) is 0 Å². The van der Waals surface area contributed by atoms with Crippen molar-refractivity contribution < 1.29 is 17.9 Å². The van der Waals surface area contributed by atoms with E-state index in [1.807, 2.05) is 6.92 Å². The minimum Gasteiger partial charge on any atom is -0.484 e. The third kappa shape index (κ3) is 5.23. The molecule has 1 saturated heterocycles. The lowest BCUT2D eigenvalue weighted by atomic mass is 9.95. The third-order valence-electron chi connectivity index (χ3n) is 5.43. The van der Waals surface area contributed by atoms with Crippen LogP contribution >= 0.6 is 0 Å². The van der Waals surface area contributed by atoms with Gasteiger partial charge in [0.1, 0.15) is 5.75 Å². The Morgan fingerprint density at radius 3 is 2.44 bits per heavy atom. The number of hydrogen-bond donors (Lipinski definition) is 1. The van der Waals surface area contributed by atoms with Crippen molar-refractivity contribution in [2.45, 2.75) is 69.2 Å². The normalized spacial score (nSPS) is 19.6. The van der Waals surface area contributed by atoms with Crippen LogP contribution in [0.3, 0.4) is 0 Å². The highest BCUT2D eigenvalue weighted by Crippen LogP contribution is 2.26. The first kappa shape index (κ1) is 20.1. The molecule has 1 saturated carbocycles. The van der Waals surface area contributed by atoms with Crippen LogP contribution in [0.4, 0.5) is 0 Å². The number of sulfonamides is 1. The highest BCUT2D eigenvalue weighted by atomic mass is 32.2. The van der Waals surface area contributed by atoms with Gasteiger partial charge in [-0.2, -0.15) is 4.31 Å². The van der Waals surface area contributed by atoms with E-state index in [0.717, 1.165) is 50.5 Å². The number of carbonyl (C=O) groups is 1. The molecule has 0 spiro atoms. The zero-order valence-electron chi connectivity index (χ0n) is 16.1. The van der Waals surface area contributed by atoms with Gasteiger partial charge >= 0.3 is 0 Å². The van der Waals surface area contributed by atoms with Crippen molar-refractivity contribution in [2.24, 2.45) is 0 Å². The van der Waals surface area contributed by atoms with Gasteiger partial charge in [-0.25, -0.2) is 8.42 Å². The minimum absolute atomic E-state index is 0.0461. The minimum atomic E-state index is -3.45. The molecule has 1 aromatic carbocycles. The van der Waals surface area contributed by atoms with Crippen molar-refractivity contribution in [1.29, 1.82) is 0 Å². The molecule has 0 aromatic heterocycles. The monoisotopic (exact) mass is 394 g/mol. The molecule has 7 heteroatoms. The molecule has 0 bridgehead atoms. The summed E-state index contributed by atoms with van der Waals surface area (Å²) in [7, 11) is -3.45. The largest absolute Gasteiger partial charge is 0.484 e. The predicted octanol–water partition coefficient (Wildman–Crippen LogP) is 3.00. The standard InChI is InChI=1S/C20H30N2O4S/c1-16-14-18(27(24,25)22-12-6-3-7-13-22)10-11-19(16)26-15-20(23)21-17-8-4-2-5-9-17/h10-11,14,17H,2-9,12-13,15H2,1H3,(H,21,23). The van der Waals surface area contributed by atoms with E-state index >= 15 is 0 Å². The Morgan fingerprint density at radius 2 is 1.78 bits per heavy atom. The van der Waals surface area contributed by atoms with E-state index in [4.69, 9.17) is 4.74 Å². The van der Waals surface area contributed by atoms with Crippen LogP contribution < -0.4 is 10.1 Å². The molecule has 1 amide bonds. The van der Waals surface area contributed by atoms with E-state index in [1.54, 1.807) is 22.5 Å². The number of aryl methyl sites for hydroxylation is 1. The predicted molar refractivity (Wildman–Crippen MR) is 104 cm³/mol. The summed E-state index contributed by atoms with van der Waals surface area (Å²) in [6.45, 7) is 2.93. The van der Waals surface area contributed by atoms with Gasteiger partial charge in [0, 0.05) is 19.1 Å². The quantitative estimate of drug-likeness (QED) is 0.805. The topological polar surface area (TPSA) is 75.7 Å². The van der Waals surface area contributed by atoms with Gasteiger partial charge in [0.25, 0.3) is 5.91 Å². The van der Waals surface area contributed by atoms with Gasteiger partial charge in [0.2, 0.25) is 10.0 Å². The van der Waals surface area contributed by atoms with Crippen LogP contribution in [0.25, 0.3) is 0 Å². The fourth-order valence-corrected chi connectivity index (χ4v) is 5.46. The van der Waals surface area contributed by atoms with Crippen LogP contribution in [0.2, 0.25) is 0 Å². The lowest BCUT2D eigenvalue weighted by molar-refractivity contribution is -0.124. The van der Waals surface area contributed by atoms with Crippen LogP contribution in [0.1, 0.15) is 56.9 Å². The number of benzene rings is 1. The molecule has 1 aliphatic carbocycles. The number of carbonyl (C=O) groups excluding carboxylic acids is 1. The summed E-state index contributed by atoms with van der Waals surface area (Å²) in [5, 5.41) is 3.02. The first-order chi connectivity index (χ1) is 13.0. The number of ether oxygens (including phenoxy) is 1. The summed E-state index contributed by atoms with van der Waals surface area (Å²) in [6.07, 6.45) is 8.55. The second-order valence-corrected chi connectivity index (χ2v) is 9.52. The molecule has 27 heavy (non-hydrogen) atoms. The number of nitrogens with zero attached hydrogens (tertiary/aromatic N) is 1. The van der Waals surface area contributed by atoms with Gasteiger partial charge in [-0.15, -0.1) is 0 Å². The molecule has 6 nitrogen and oxygen atoms in total. The Morgan fingerprint density at radius 1 is 1.11 bits per heavy atom. The lowest BCUT2D eigenvalue weighted by Crippen LogP contribution is -2.39. The molecule has 1 aliphatic heterocycles. The molecule has 0 unspecified atom stereocenters. The van der Waals surface area contributed by atoms with Gasteiger partial charge in [0.05, 0.1) is 4.90 Å². The van der Waals surface area contributed by atoms with Gasteiger partial charge in [-0.3, -0.25) is 4.79 Å². The van der Waals surface area contributed by atoms with Crippen molar-refractivity contribution in [3.8, 4) is 5.75 Å². The lowest BCUT2D eigenvalue weighted by Gasteiger charge is -2.26. The summed E-state index contributed by atoms with van der Waals surface area (Å²) >= 11 is 0. The van der Waals surface area contributed by atoms with E-state index < -0.39 is 10.0 Å². The van der Waals surface area contributed by atoms with Crippen molar-refractivity contribution in [2.75, 3.05) is 19.7 Å². The van der Waals surface area contributed by atoms with Crippen molar-refractivity contribution >= 4 is 15.9 Å². The number of piperidine rings is 1.